The van der Waals surface area contributed by atoms with Crippen LogP contribution in [0.4, 0.5) is 5.82 Å². The number of pyridine rings is 1. The molecule has 1 aromatic heterocycles. The summed E-state index contributed by atoms with van der Waals surface area (Å²) < 4.78 is 5.86. The molecule has 2 amide bonds. The van der Waals surface area contributed by atoms with Crippen LogP contribution in [0.5, 0.6) is 5.75 Å². The van der Waals surface area contributed by atoms with Gasteiger partial charge in [0.25, 0.3) is 11.8 Å². The first-order valence-corrected chi connectivity index (χ1v) is 8.76. The zero-order chi connectivity index (χ0) is 18.5. The molecular weight excluding hydrogens is 330 g/mol. The fourth-order valence-corrected chi connectivity index (χ4v) is 3.64. The molecule has 0 saturated heterocycles. The lowest BCUT2D eigenvalue weighted by Gasteiger charge is -2.29. The van der Waals surface area contributed by atoms with Gasteiger partial charge >= 0.3 is 0 Å². The summed E-state index contributed by atoms with van der Waals surface area (Å²) in [4.78, 5) is 30.8. The summed E-state index contributed by atoms with van der Waals surface area (Å²) in [7, 11) is 0. The van der Waals surface area contributed by atoms with Gasteiger partial charge in [0.1, 0.15) is 17.3 Å². The summed E-state index contributed by atoms with van der Waals surface area (Å²) >= 11 is 0. The van der Waals surface area contributed by atoms with Crippen molar-refractivity contribution in [1.82, 2.24) is 4.98 Å². The minimum Gasteiger partial charge on any atom is -0.492 e. The molecule has 0 fully saturated rings. The standard InChI is InChI=1S/C20H21N3O3/c1-20(2)11-26-16-13(6-3-7-14(16)20)19(25)23-10-4-5-12-8-9-15(17(21)24)22-18(12)23/h3,6-9H,4-5,10-11H2,1-2H3,(H2,21,24). The molecule has 0 atom stereocenters. The molecule has 1 aromatic carbocycles. The van der Waals surface area contributed by atoms with E-state index in [1.54, 1.807) is 17.0 Å². The van der Waals surface area contributed by atoms with E-state index < -0.39 is 5.91 Å². The van der Waals surface area contributed by atoms with E-state index in [4.69, 9.17) is 10.5 Å². The fourth-order valence-electron chi connectivity index (χ4n) is 3.64. The summed E-state index contributed by atoms with van der Waals surface area (Å²) in [6.07, 6.45) is 1.67. The quantitative estimate of drug-likeness (QED) is 0.900. The second-order valence-electron chi connectivity index (χ2n) is 7.46. The Hall–Kier alpha value is -2.89. The maximum absolute atomic E-state index is 13.3. The molecule has 2 aliphatic heterocycles. The molecule has 2 aromatic rings. The maximum Gasteiger partial charge on any atom is 0.267 e. The van der Waals surface area contributed by atoms with E-state index in [-0.39, 0.29) is 17.0 Å². The Labute approximate surface area is 152 Å². The molecule has 0 bridgehead atoms. The number of benzene rings is 1. The Morgan fingerprint density at radius 2 is 2.04 bits per heavy atom. The Morgan fingerprint density at radius 3 is 2.81 bits per heavy atom. The van der Waals surface area contributed by atoms with E-state index in [1.807, 2.05) is 18.2 Å². The number of primary amides is 1. The van der Waals surface area contributed by atoms with Crippen LogP contribution in [0.25, 0.3) is 0 Å². The lowest BCUT2D eigenvalue weighted by molar-refractivity contribution is 0.0973. The zero-order valence-corrected chi connectivity index (χ0v) is 14.9. The average Bonchev–Trinajstić information content (AvgIpc) is 2.95. The van der Waals surface area contributed by atoms with E-state index in [2.05, 4.69) is 18.8 Å². The van der Waals surface area contributed by atoms with Crippen molar-refractivity contribution in [2.45, 2.75) is 32.1 Å². The summed E-state index contributed by atoms with van der Waals surface area (Å²) in [5.74, 6) is 0.416. The number of carbonyl (C=O) groups excluding carboxylic acids is 2. The van der Waals surface area contributed by atoms with Gasteiger partial charge in [-0.1, -0.05) is 32.0 Å². The van der Waals surface area contributed by atoms with Crippen LogP contribution >= 0.6 is 0 Å². The number of nitrogens with two attached hydrogens (primary N) is 1. The molecule has 134 valence electrons. The van der Waals surface area contributed by atoms with Gasteiger partial charge in [0, 0.05) is 17.5 Å². The number of amides is 2. The highest BCUT2D eigenvalue weighted by atomic mass is 16.5. The number of fused-ring (bicyclic) bond motifs is 2. The largest absolute Gasteiger partial charge is 0.492 e. The van der Waals surface area contributed by atoms with Gasteiger partial charge < -0.3 is 10.5 Å². The van der Waals surface area contributed by atoms with Crippen molar-refractivity contribution in [3.05, 3.63) is 52.7 Å². The maximum atomic E-state index is 13.3. The molecule has 0 radical (unpaired) electrons. The van der Waals surface area contributed by atoms with Crippen LogP contribution in [-0.4, -0.2) is 29.9 Å². The molecule has 3 heterocycles. The van der Waals surface area contributed by atoms with Crippen LogP contribution in [0.1, 0.15) is 52.2 Å². The highest BCUT2D eigenvalue weighted by Gasteiger charge is 2.36. The molecule has 2 aliphatic rings. The first kappa shape index (κ1) is 16.6. The molecular formula is C20H21N3O3. The molecule has 6 heteroatoms. The lowest BCUT2D eigenvalue weighted by atomic mass is 9.86. The smallest absolute Gasteiger partial charge is 0.267 e. The number of rotatable bonds is 2. The molecule has 6 nitrogen and oxygen atoms in total. The van der Waals surface area contributed by atoms with Crippen LogP contribution in [0.2, 0.25) is 0 Å². The Bertz CT molecular complexity index is 921. The van der Waals surface area contributed by atoms with Gasteiger partial charge in [-0.3, -0.25) is 14.5 Å². The van der Waals surface area contributed by atoms with E-state index in [0.717, 1.165) is 24.0 Å². The van der Waals surface area contributed by atoms with Crippen molar-refractivity contribution >= 4 is 17.6 Å². The van der Waals surface area contributed by atoms with Crippen molar-refractivity contribution in [3.8, 4) is 5.75 Å². The van der Waals surface area contributed by atoms with Gasteiger partial charge in [-0.25, -0.2) is 4.98 Å². The minimum absolute atomic E-state index is 0.122. The summed E-state index contributed by atoms with van der Waals surface area (Å²) in [6.45, 7) is 5.30. The number of anilines is 1. The minimum atomic E-state index is -0.601. The molecule has 0 saturated carbocycles. The number of hydrogen-bond donors (Lipinski definition) is 1. The Kier molecular flexibility index (Phi) is 3.72. The van der Waals surface area contributed by atoms with E-state index >= 15 is 0 Å². The van der Waals surface area contributed by atoms with Gasteiger partial charge in [0.2, 0.25) is 0 Å². The normalized spacial score (nSPS) is 17.2. The molecule has 0 spiro atoms. The van der Waals surface area contributed by atoms with Crippen LogP contribution < -0.4 is 15.4 Å². The predicted octanol–water partition coefficient (Wildman–Crippen LogP) is 2.44. The van der Waals surface area contributed by atoms with Crippen LogP contribution in [0, 0.1) is 0 Å². The predicted molar refractivity (Wildman–Crippen MR) is 97.7 cm³/mol. The van der Waals surface area contributed by atoms with Crippen molar-refractivity contribution < 1.29 is 14.3 Å². The summed E-state index contributed by atoms with van der Waals surface area (Å²) in [5, 5.41) is 0. The first-order valence-electron chi connectivity index (χ1n) is 8.76. The number of aromatic nitrogens is 1. The fraction of sp³-hybridized carbons (Fsp3) is 0.350. The number of hydrogen-bond acceptors (Lipinski definition) is 4. The van der Waals surface area contributed by atoms with Crippen molar-refractivity contribution in [2.24, 2.45) is 5.73 Å². The van der Waals surface area contributed by atoms with E-state index in [1.165, 1.54) is 0 Å². The third kappa shape index (κ3) is 2.53. The van der Waals surface area contributed by atoms with E-state index in [9.17, 15) is 9.59 Å². The topological polar surface area (TPSA) is 85.5 Å². The summed E-state index contributed by atoms with van der Waals surface area (Å²) in [6, 6.07) is 9.12. The molecule has 4 rings (SSSR count). The summed E-state index contributed by atoms with van der Waals surface area (Å²) in [5.41, 5.74) is 7.93. The zero-order valence-electron chi connectivity index (χ0n) is 14.9. The first-order chi connectivity index (χ1) is 12.4. The molecule has 0 unspecified atom stereocenters. The number of nitrogens with zero attached hydrogens (tertiary/aromatic N) is 2. The Morgan fingerprint density at radius 1 is 1.23 bits per heavy atom. The van der Waals surface area contributed by atoms with Crippen molar-refractivity contribution in [1.29, 1.82) is 0 Å². The second kappa shape index (κ2) is 5.83. The number of para-hydroxylation sites is 1. The van der Waals surface area contributed by atoms with Crippen LogP contribution in [0.15, 0.2) is 30.3 Å². The van der Waals surface area contributed by atoms with Gasteiger partial charge in [0.05, 0.1) is 12.2 Å². The van der Waals surface area contributed by atoms with Crippen molar-refractivity contribution in [2.75, 3.05) is 18.1 Å². The van der Waals surface area contributed by atoms with E-state index in [0.29, 0.717) is 30.3 Å². The van der Waals surface area contributed by atoms with Gasteiger partial charge in [0.15, 0.2) is 0 Å². The molecule has 2 N–H and O–H groups in total. The van der Waals surface area contributed by atoms with Gasteiger partial charge in [-0.2, -0.15) is 0 Å². The highest BCUT2D eigenvalue weighted by Crippen LogP contribution is 2.41. The average molecular weight is 351 g/mol. The van der Waals surface area contributed by atoms with Gasteiger partial charge in [-0.05, 0) is 30.5 Å². The van der Waals surface area contributed by atoms with Crippen molar-refractivity contribution in [3.63, 3.8) is 0 Å². The lowest BCUT2D eigenvalue weighted by Crippen LogP contribution is -2.37. The van der Waals surface area contributed by atoms with Gasteiger partial charge in [-0.15, -0.1) is 0 Å². The number of ether oxygens (including phenoxy) is 1. The second-order valence-corrected chi connectivity index (χ2v) is 7.46. The SMILES string of the molecule is CC1(C)COc2c(C(=O)N3CCCc4ccc(C(N)=O)nc43)cccc21. The molecule has 0 aliphatic carbocycles. The number of carbonyl (C=O) groups is 2. The third-order valence-corrected chi connectivity index (χ3v) is 5.09. The third-order valence-electron chi connectivity index (χ3n) is 5.09. The highest BCUT2D eigenvalue weighted by molar-refractivity contribution is 6.08. The van der Waals surface area contributed by atoms with Crippen LogP contribution in [0.3, 0.4) is 0 Å². The Balaban J connectivity index is 1.77. The number of aryl methyl sites for hydroxylation is 1. The monoisotopic (exact) mass is 351 g/mol. The molecule has 26 heavy (non-hydrogen) atoms. The van der Waals surface area contributed by atoms with Crippen LogP contribution in [-0.2, 0) is 11.8 Å².